The zero-order valence-corrected chi connectivity index (χ0v) is 12.4. The normalized spacial score (nSPS) is 17.7. The molecule has 1 aliphatic carbocycles. The Morgan fingerprint density at radius 3 is 2.50 bits per heavy atom. The van der Waals surface area contributed by atoms with Crippen LogP contribution in [0.4, 0.5) is 0 Å². The van der Waals surface area contributed by atoms with Gasteiger partial charge < -0.3 is 5.32 Å². The van der Waals surface area contributed by atoms with Crippen molar-refractivity contribution in [1.82, 2.24) is 14.3 Å². The SMILES string of the molecule is CNCCCN(C)S(=O)(=O)NCCC1CCCC1. The van der Waals surface area contributed by atoms with E-state index in [2.05, 4.69) is 10.0 Å². The van der Waals surface area contributed by atoms with Crippen molar-refractivity contribution in [3.8, 4) is 0 Å². The van der Waals surface area contributed by atoms with Crippen LogP contribution < -0.4 is 10.0 Å². The second-order valence-corrected chi connectivity index (χ2v) is 6.98. The van der Waals surface area contributed by atoms with Gasteiger partial charge in [0.2, 0.25) is 0 Å². The molecule has 0 heterocycles. The largest absolute Gasteiger partial charge is 0.320 e. The van der Waals surface area contributed by atoms with E-state index in [9.17, 15) is 8.42 Å². The van der Waals surface area contributed by atoms with E-state index < -0.39 is 10.2 Å². The molecule has 0 amide bonds. The summed E-state index contributed by atoms with van der Waals surface area (Å²) >= 11 is 0. The Hall–Kier alpha value is -0.170. The van der Waals surface area contributed by atoms with Gasteiger partial charge in [-0.2, -0.15) is 12.7 Å². The summed E-state index contributed by atoms with van der Waals surface area (Å²) in [6.45, 7) is 1.96. The van der Waals surface area contributed by atoms with Gasteiger partial charge in [0.25, 0.3) is 10.2 Å². The smallest absolute Gasteiger partial charge is 0.279 e. The highest BCUT2D eigenvalue weighted by Gasteiger charge is 2.19. The second kappa shape index (κ2) is 8.09. The molecule has 6 heteroatoms. The van der Waals surface area contributed by atoms with E-state index in [1.54, 1.807) is 7.05 Å². The Morgan fingerprint density at radius 1 is 1.22 bits per heavy atom. The van der Waals surface area contributed by atoms with E-state index in [-0.39, 0.29) is 0 Å². The van der Waals surface area contributed by atoms with E-state index in [4.69, 9.17) is 0 Å². The van der Waals surface area contributed by atoms with Crippen LogP contribution in [0.15, 0.2) is 0 Å². The first kappa shape index (κ1) is 15.9. The van der Waals surface area contributed by atoms with Gasteiger partial charge >= 0.3 is 0 Å². The maximum Gasteiger partial charge on any atom is 0.279 e. The van der Waals surface area contributed by atoms with Crippen LogP contribution in [0.3, 0.4) is 0 Å². The monoisotopic (exact) mass is 277 g/mol. The van der Waals surface area contributed by atoms with Crippen LogP contribution in [0.25, 0.3) is 0 Å². The van der Waals surface area contributed by atoms with E-state index in [1.165, 1.54) is 30.0 Å². The Morgan fingerprint density at radius 2 is 1.89 bits per heavy atom. The first-order chi connectivity index (χ1) is 8.56. The molecular weight excluding hydrogens is 250 g/mol. The minimum Gasteiger partial charge on any atom is -0.320 e. The van der Waals surface area contributed by atoms with Gasteiger partial charge in [0.15, 0.2) is 0 Å². The Kier molecular flexibility index (Phi) is 7.14. The molecule has 2 N–H and O–H groups in total. The van der Waals surface area contributed by atoms with Crippen molar-refractivity contribution in [3.05, 3.63) is 0 Å². The summed E-state index contributed by atoms with van der Waals surface area (Å²) in [5.74, 6) is 0.724. The van der Waals surface area contributed by atoms with E-state index in [1.807, 2.05) is 7.05 Å². The van der Waals surface area contributed by atoms with Crippen molar-refractivity contribution >= 4 is 10.2 Å². The first-order valence-corrected chi connectivity index (χ1v) is 8.36. The molecule has 1 rings (SSSR count). The molecule has 0 aromatic heterocycles. The van der Waals surface area contributed by atoms with Crippen LogP contribution >= 0.6 is 0 Å². The van der Waals surface area contributed by atoms with Crippen molar-refractivity contribution in [2.45, 2.75) is 38.5 Å². The highest BCUT2D eigenvalue weighted by atomic mass is 32.2. The third-order valence-electron chi connectivity index (χ3n) is 3.62. The number of rotatable bonds is 9. The predicted molar refractivity (Wildman–Crippen MR) is 74.7 cm³/mol. The molecule has 5 nitrogen and oxygen atoms in total. The fourth-order valence-electron chi connectivity index (χ4n) is 2.40. The van der Waals surface area contributed by atoms with Crippen molar-refractivity contribution < 1.29 is 8.42 Å². The van der Waals surface area contributed by atoms with Crippen LogP contribution in [0.1, 0.15) is 38.5 Å². The molecule has 1 fully saturated rings. The van der Waals surface area contributed by atoms with Crippen LogP contribution in [0.5, 0.6) is 0 Å². The van der Waals surface area contributed by atoms with Gasteiger partial charge in [0.05, 0.1) is 0 Å². The molecule has 0 spiro atoms. The summed E-state index contributed by atoms with van der Waals surface area (Å²) < 4.78 is 27.9. The Bertz CT molecular complexity index is 313. The maximum atomic E-state index is 11.9. The minimum atomic E-state index is -3.28. The van der Waals surface area contributed by atoms with Gasteiger partial charge in [-0.05, 0) is 32.4 Å². The quantitative estimate of drug-likeness (QED) is 0.617. The molecule has 0 bridgehead atoms. The van der Waals surface area contributed by atoms with Gasteiger partial charge in [-0.3, -0.25) is 0 Å². The van der Waals surface area contributed by atoms with Gasteiger partial charge in [-0.15, -0.1) is 0 Å². The third-order valence-corrected chi connectivity index (χ3v) is 5.19. The summed E-state index contributed by atoms with van der Waals surface area (Å²) in [4.78, 5) is 0. The van der Waals surface area contributed by atoms with E-state index >= 15 is 0 Å². The Labute approximate surface area is 112 Å². The van der Waals surface area contributed by atoms with Gasteiger partial charge in [0, 0.05) is 20.1 Å². The highest BCUT2D eigenvalue weighted by Crippen LogP contribution is 2.26. The lowest BCUT2D eigenvalue weighted by atomic mass is 10.1. The average Bonchev–Trinajstić information content (AvgIpc) is 2.82. The molecule has 0 atom stereocenters. The van der Waals surface area contributed by atoms with Crippen molar-refractivity contribution in [3.63, 3.8) is 0 Å². The molecule has 0 aromatic carbocycles. The molecule has 0 aliphatic heterocycles. The summed E-state index contributed by atoms with van der Waals surface area (Å²) in [6.07, 6.45) is 6.95. The zero-order valence-electron chi connectivity index (χ0n) is 11.6. The van der Waals surface area contributed by atoms with Gasteiger partial charge in [-0.25, -0.2) is 4.72 Å². The molecule has 0 unspecified atom stereocenters. The zero-order chi connectivity index (χ0) is 13.4. The summed E-state index contributed by atoms with van der Waals surface area (Å²) in [5.41, 5.74) is 0. The van der Waals surface area contributed by atoms with Crippen LogP contribution in [-0.4, -0.2) is 46.5 Å². The minimum absolute atomic E-state index is 0.555. The standard InChI is InChI=1S/C12H27N3O2S/c1-13-9-5-11-15(2)18(16,17)14-10-8-12-6-3-4-7-12/h12-14H,3-11H2,1-2H3. The molecule has 0 radical (unpaired) electrons. The highest BCUT2D eigenvalue weighted by molar-refractivity contribution is 7.87. The number of nitrogens with zero attached hydrogens (tertiary/aromatic N) is 1. The lowest BCUT2D eigenvalue weighted by Gasteiger charge is -2.18. The van der Waals surface area contributed by atoms with Crippen molar-refractivity contribution in [2.24, 2.45) is 5.92 Å². The first-order valence-electron chi connectivity index (χ1n) is 6.92. The molecular formula is C12H27N3O2S. The maximum absolute atomic E-state index is 11.9. The van der Waals surface area contributed by atoms with Crippen LogP contribution in [-0.2, 0) is 10.2 Å². The fourth-order valence-corrected chi connectivity index (χ4v) is 3.37. The molecule has 0 saturated heterocycles. The summed E-state index contributed by atoms with van der Waals surface area (Å²) in [5, 5.41) is 3.01. The second-order valence-electron chi connectivity index (χ2n) is 5.12. The average molecular weight is 277 g/mol. The predicted octanol–water partition coefficient (Wildman–Crippen LogP) is 0.942. The number of nitrogens with one attached hydrogen (secondary N) is 2. The molecule has 1 aliphatic rings. The van der Waals surface area contributed by atoms with Crippen LogP contribution in [0.2, 0.25) is 0 Å². The number of hydrogen-bond acceptors (Lipinski definition) is 3. The lowest BCUT2D eigenvalue weighted by molar-refractivity contribution is 0.439. The molecule has 0 aromatic rings. The van der Waals surface area contributed by atoms with Gasteiger partial charge in [0.1, 0.15) is 0 Å². The van der Waals surface area contributed by atoms with Crippen LogP contribution in [0, 0.1) is 5.92 Å². The number of hydrogen-bond donors (Lipinski definition) is 2. The van der Waals surface area contributed by atoms with Gasteiger partial charge in [-0.1, -0.05) is 25.7 Å². The van der Waals surface area contributed by atoms with E-state index in [0.29, 0.717) is 13.1 Å². The molecule has 18 heavy (non-hydrogen) atoms. The summed E-state index contributed by atoms with van der Waals surface area (Å²) in [7, 11) is 0.225. The topological polar surface area (TPSA) is 61.4 Å². The molecule has 108 valence electrons. The fraction of sp³-hybridized carbons (Fsp3) is 1.00. The lowest BCUT2D eigenvalue weighted by Crippen LogP contribution is -2.40. The third kappa shape index (κ3) is 5.65. The Balaban J connectivity index is 2.20. The van der Waals surface area contributed by atoms with E-state index in [0.717, 1.165) is 25.3 Å². The van der Waals surface area contributed by atoms with Crippen molar-refractivity contribution in [2.75, 3.05) is 33.7 Å². The summed E-state index contributed by atoms with van der Waals surface area (Å²) in [6, 6.07) is 0. The van der Waals surface area contributed by atoms with Crippen molar-refractivity contribution in [1.29, 1.82) is 0 Å². The molecule has 1 saturated carbocycles.